The first-order chi connectivity index (χ1) is 18.5. The van der Waals surface area contributed by atoms with Crippen molar-refractivity contribution in [2.24, 2.45) is 17.8 Å². The standard InChI is InChI=1S/C30H53NO8/c1-21(2)28(33)11-12-30(35)31-13-15-37-17-16-36-14-7-8-25(32)9-10-29(34)27-19-26(39-23(5)6)18-24(27)20-38-22(3)4/h21-24,26-27H,7-20H2,1-6H3,(H,31,35)/t24-,26+,27?/m0/s1. The zero-order valence-corrected chi connectivity index (χ0v) is 25.1. The maximum Gasteiger partial charge on any atom is 0.220 e. The lowest BCUT2D eigenvalue weighted by atomic mass is 9.89. The van der Waals surface area contributed by atoms with Crippen molar-refractivity contribution in [2.75, 3.05) is 39.6 Å². The Bertz CT molecular complexity index is 736. The van der Waals surface area contributed by atoms with Crippen LogP contribution in [0.3, 0.4) is 0 Å². The van der Waals surface area contributed by atoms with E-state index < -0.39 is 0 Å². The van der Waals surface area contributed by atoms with Crippen molar-refractivity contribution in [1.82, 2.24) is 5.32 Å². The van der Waals surface area contributed by atoms with Crippen LogP contribution in [0.4, 0.5) is 0 Å². The number of ether oxygens (including phenoxy) is 4. The molecule has 9 nitrogen and oxygen atoms in total. The lowest BCUT2D eigenvalue weighted by Crippen LogP contribution is -2.28. The molecule has 1 aliphatic carbocycles. The number of carbonyl (C=O) groups is 4. The summed E-state index contributed by atoms with van der Waals surface area (Å²) >= 11 is 0. The third-order valence-corrected chi connectivity index (χ3v) is 6.75. The van der Waals surface area contributed by atoms with E-state index in [1.54, 1.807) is 0 Å². The highest BCUT2D eigenvalue weighted by Gasteiger charge is 2.39. The summed E-state index contributed by atoms with van der Waals surface area (Å²) in [5.41, 5.74) is 0. The van der Waals surface area contributed by atoms with Crippen molar-refractivity contribution in [2.45, 2.75) is 111 Å². The molecule has 1 amide bonds. The van der Waals surface area contributed by atoms with Crippen molar-refractivity contribution in [1.29, 1.82) is 0 Å². The molecule has 1 saturated carbocycles. The van der Waals surface area contributed by atoms with Gasteiger partial charge in [0, 0.05) is 57.1 Å². The molecule has 226 valence electrons. The molecular weight excluding hydrogens is 502 g/mol. The molecule has 0 aromatic heterocycles. The average molecular weight is 556 g/mol. The van der Waals surface area contributed by atoms with Gasteiger partial charge in [-0.25, -0.2) is 0 Å². The van der Waals surface area contributed by atoms with E-state index in [1.165, 1.54) is 0 Å². The van der Waals surface area contributed by atoms with Gasteiger partial charge in [-0.2, -0.15) is 0 Å². The summed E-state index contributed by atoms with van der Waals surface area (Å²) in [7, 11) is 0. The molecule has 0 spiro atoms. The fourth-order valence-corrected chi connectivity index (χ4v) is 4.61. The molecule has 0 heterocycles. The van der Waals surface area contributed by atoms with Gasteiger partial charge in [0.05, 0.1) is 44.7 Å². The molecule has 1 fully saturated rings. The number of nitrogens with one attached hydrogen (secondary N) is 1. The molecule has 1 rings (SSSR count). The number of rotatable bonds is 23. The Kier molecular flexibility index (Phi) is 18.3. The van der Waals surface area contributed by atoms with Gasteiger partial charge in [-0.15, -0.1) is 0 Å². The molecule has 0 saturated heterocycles. The monoisotopic (exact) mass is 555 g/mol. The van der Waals surface area contributed by atoms with Crippen LogP contribution < -0.4 is 5.32 Å². The van der Waals surface area contributed by atoms with Crippen molar-refractivity contribution in [3.05, 3.63) is 0 Å². The fourth-order valence-electron chi connectivity index (χ4n) is 4.61. The zero-order chi connectivity index (χ0) is 29.2. The second-order valence-corrected chi connectivity index (χ2v) is 11.3. The molecule has 0 aromatic rings. The zero-order valence-electron chi connectivity index (χ0n) is 25.1. The first-order valence-corrected chi connectivity index (χ1v) is 14.8. The van der Waals surface area contributed by atoms with Crippen LogP contribution in [0.15, 0.2) is 0 Å². The first-order valence-electron chi connectivity index (χ1n) is 14.8. The number of hydrogen-bond acceptors (Lipinski definition) is 8. The van der Waals surface area contributed by atoms with E-state index in [-0.39, 0.29) is 85.0 Å². The maximum absolute atomic E-state index is 12.9. The van der Waals surface area contributed by atoms with E-state index in [4.69, 9.17) is 18.9 Å². The van der Waals surface area contributed by atoms with Crippen LogP contribution >= 0.6 is 0 Å². The van der Waals surface area contributed by atoms with Gasteiger partial charge < -0.3 is 24.3 Å². The minimum absolute atomic E-state index is 0.0491. The minimum Gasteiger partial charge on any atom is -0.379 e. The highest BCUT2D eigenvalue weighted by Crippen LogP contribution is 2.36. The van der Waals surface area contributed by atoms with E-state index >= 15 is 0 Å². The van der Waals surface area contributed by atoms with Crippen LogP contribution in [0.25, 0.3) is 0 Å². The lowest BCUT2D eigenvalue weighted by molar-refractivity contribution is -0.128. The third-order valence-electron chi connectivity index (χ3n) is 6.75. The van der Waals surface area contributed by atoms with E-state index in [0.717, 1.165) is 6.42 Å². The highest BCUT2D eigenvalue weighted by atomic mass is 16.5. The summed E-state index contributed by atoms with van der Waals surface area (Å²) in [4.78, 5) is 48.5. The van der Waals surface area contributed by atoms with Crippen molar-refractivity contribution < 1.29 is 38.1 Å². The second kappa shape index (κ2) is 20.2. The molecule has 0 aromatic carbocycles. The van der Waals surface area contributed by atoms with Crippen LogP contribution in [0, 0.1) is 17.8 Å². The van der Waals surface area contributed by atoms with Crippen LogP contribution in [0.5, 0.6) is 0 Å². The molecule has 9 heteroatoms. The largest absolute Gasteiger partial charge is 0.379 e. The first kappa shape index (κ1) is 35.3. The number of carbonyl (C=O) groups excluding carboxylic acids is 4. The molecule has 3 atom stereocenters. The fraction of sp³-hybridized carbons (Fsp3) is 0.867. The lowest BCUT2D eigenvalue weighted by Gasteiger charge is -2.19. The normalized spacial score (nSPS) is 19.3. The molecular formula is C30H53NO8. The van der Waals surface area contributed by atoms with E-state index in [1.807, 2.05) is 41.5 Å². The van der Waals surface area contributed by atoms with Gasteiger partial charge in [0.15, 0.2) is 0 Å². The Morgan fingerprint density at radius 3 is 2.10 bits per heavy atom. The van der Waals surface area contributed by atoms with Gasteiger partial charge in [0.25, 0.3) is 0 Å². The van der Waals surface area contributed by atoms with Gasteiger partial charge in [-0.3, -0.25) is 19.2 Å². The van der Waals surface area contributed by atoms with Gasteiger partial charge in [0.1, 0.15) is 17.3 Å². The van der Waals surface area contributed by atoms with Crippen LogP contribution in [-0.2, 0) is 38.1 Å². The van der Waals surface area contributed by atoms with E-state index in [0.29, 0.717) is 58.8 Å². The quantitative estimate of drug-likeness (QED) is 0.187. The molecule has 1 unspecified atom stereocenters. The smallest absolute Gasteiger partial charge is 0.220 e. The Hall–Kier alpha value is -1.68. The Morgan fingerprint density at radius 1 is 0.769 bits per heavy atom. The van der Waals surface area contributed by atoms with Gasteiger partial charge in [-0.1, -0.05) is 13.8 Å². The van der Waals surface area contributed by atoms with E-state index in [9.17, 15) is 19.2 Å². The Morgan fingerprint density at radius 2 is 1.46 bits per heavy atom. The van der Waals surface area contributed by atoms with Crippen molar-refractivity contribution in [3.63, 3.8) is 0 Å². The van der Waals surface area contributed by atoms with Crippen molar-refractivity contribution >= 4 is 23.3 Å². The highest BCUT2D eigenvalue weighted by molar-refractivity contribution is 5.87. The predicted octanol–water partition coefficient (Wildman–Crippen LogP) is 4.08. The molecule has 39 heavy (non-hydrogen) atoms. The second-order valence-electron chi connectivity index (χ2n) is 11.3. The molecule has 0 aliphatic heterocycles. The van der Waals surface area contributed by atoms with E-state index in [2.05, 4.69) is 5.32 Å². The topological polar surface area (TPSA) is 117 Å². The molecule has 1 N–H and O–H groups in total. The Labute approximate surface area is 235 Å². The van der Waals surface area contributed by atoms with Crippen LogP contribution in [0.2, 0.25) is 0 Å². The van der Waals surface area contributed by atoms with Gasteiger partial charge >= 0.3 is 0 Å². The summed E-state index contributed by atoms with van der Waals surface area (Å²) in [5.74, 6) is 0.151. The maximum atomic E-state index is 12.9. The van der Waals surface area contributed by atoms with Gasteiger partial charge in [-0.05, 0) is 52.9 Å². The molecule has 0 radical (unpaired) electrons. The van der Waals surface area contributed by atoms with Crippen LogP contribution in [-0.4, -0.2) is 81.1 Å². The number of ketones is 3. The summed E-state index contributed by atoms with van der Waals surface area (Å²) in [6.07, 6.45) is 3.85. The number of amides is 1. The molecule has 0 bridgehead atoms. The van der Waals surface area contributed by atoms with Crippen molar-refractivity contribution in [3.8, 4) is 0 Å². The summed E-state index contributed by atoms with van der Waals surface area (Å²) in [5, 5.41) is 2.73. The minimum atomic E-state index is -0.150. The molecule has 1 aliphatic rings. The average Bonchev–Trinajstić information content (AvgIpc) is 3.27. The third kappa shape index (κ3) is 16.9. The summed E-state index contributed by atoms with van der Waals surface area (Å²) < 4.78 is 22.7. The summed E-state index contributed by atoms with van der Waals surface area (Å²) in [6.45, 7) is 14.2. The predicted molar refractivity (Wildman–Crippen MR) is 150 cm³/mol. The van der Waals surface area contributed by atoms with Crippen LogP contribution in [0.1, 0.15) is 92.9 Å². The number of Topliss-reactive ketones (excluding diaryl/α,β-unsaturated/α-hetero) is 3. The SMILES string of the molecule is CC(C)OC[C@@H]1C[C@@H](OC(C)C)CC1C(=O)CCC(=O)CCCOCCOCCNC(=O)CCC(=O)C(C)C. The summed E-state index contributed by atoms with van der Waals surface area (Å²) in [6, 6.07) is 0. The van der Waals surface area contributed by atoms with Gasteiger partial charge in [0.2, 0.25) is 5.91 Å². The Balaban J connectivity index is 2.11. The number of hydrogen-bond donors (Lipinski definition) is 1.